The van der Waals surface area contributed by atoms with Crippen LogP contribution >= 0.6 is 0 Å². The number of anilines is 1. The smallest absolute Gasteiger partial charge is 0.158 e. The van der Waals surface area contributed by atoms with Crippen LogP contribution in [0, 0.1) is 11.3 Å². The number of nitrogens with zero attached hydrogens (tertiary/aromatic N) is 4. The fourth-order valence-electron chi connectivity index (χ4n) is 3.32. The van der Waals surface area contributed by atoms with Crippen molar-refractivity contribution in [2.24, 2.45) is 0 Å². The fraction of sp³-hybridized carbons (Fsp3) is 0.421. The first-order valence-electron chi connectivity index (χ1n) is 8.49. The summed E-state index contributed by atoms with van der Waals surface area (Å²) in [7, 11) is 0. The molecule has 2 atom stereocenters. The molecule has 3 rings (SSSR count). The zero-order chi connectivity index (χ0) is 16.8. The van der Waals surface area contributed by atoms with Crippen LogP contribution in [0.3, 0.4) is 0 Å². The van der Waals surface area contributed by atoms with E-state index in [1.807, 2.05) is 36.4 Å². The largest absolute Gasteiger partial charge is 0.388 e. The molecule has 0 radical (unpaired) electrons. The first kappa shape index (κ1) is 16.4. The van der Waals surface area contributed by atoms with E-state index >= 15 is 0 Å². The molecular weight excluding hydrogens is 300 g/mol. The van der Waals surface area contributed by atoms with Gasteiger partial charge in [-0.2, -0.15) is 5.26 Å². The van der Waals surface area contributed by atoms with Gasteiger partial charge in [0.05, 0.1) is 18.5 Å². The molecule has 0 bridgehead atoms. The predicted molar refractivity (Wildman–Crippen MR) is 92.4 cm³/mol. The third-order valence-corrected chi connectivity index (χ3v) is 4.60. The second-order valence-electron chi connectivity index (χ2n) is 6.23. The number of hydrogen-bond acceptors (Lipinski definition) is 5. The maximum atomic E-state index is 10.6. The molecule has 124 valence electrons. The Bertz CT molecular complexity index is 681. The topological polar surface area (TPSA) is 73.0 Å². The lowest BCUT2D eigenvalue weighted by molar-refractivity contribution is 0.155. The lowest BCUT2D eigenvalue weighted by Crippen LogP contribution is -2.36. The zero-order valence-electron chi connectivity index (χ0n) is 13.7. The third-order valence-electron chi connectivity index (χ3n) is 4.60. The van der Waals surface area contributed by atoms with Crippen LogP contribution in [0.1, 0.15) is 49.5 Å². The van der Waals surface area contributed by atoms with Gasteiger partial charge >= 0.3 is 0 Å². The Morgan fingerprint density at radius 3 is 2.71 bits per heavy atom. The number of nitriles is 1. The molecule has 0 aliphatic carbocycles. The Labute approximate surface area is 142 Å². The van der Waals surface area contributed by atoms with Gasteiger partial charge in [0.25, 0.3) is 0 Å². The van der Waals surface area contributed by atoms with Crippen molar-refractivity contribution in [3.63, 3.8) is 0 Å². The average Bonchev–Trinajstić information content (AvgIpc) is 2.88. The minimum Gasteiger partial charge on any atom is -0.388 e. The molecule has 1 fully saturated rings. The second kappa shape index (κ2) is 7.89. The third kappa shape index (κ3) is 3.90. The summed E-state index contributed by atoms with van der Waals surface area (Å²) >= 11 is 0. The summed E-state index contributed by atoms with van der Waals surface area (Å²) < 4.78 is 0. The average molecular weight is 322 g/mol. The summed E-state index contributed by atoms with van der Waals surface area (Å²) in [5.74, 6) is 0.793. The minimum absolute atomic E-state index is 0.227. The molecule has 1 aromatic carbocycles. The molecule has 1 N–H and O–H groups in total. The zero-order valence-corrected chi connectivity index (χ0v) is 13.7. The molecule has 1 saturated heterocycles. The SMILES string of the molecule is N#Cc1cnc(N2CCCCCC2CC(O)c2ccccc2)cn1. The molecule has 0 saturated carbocycles. The van der Waals surface area contributed by atoms with Crippen LogP contribution in [0.4, 0.5) is 5.82 Å². The van der Waals surface area contributed by atoms with Gasteiger partial charge in [0.15, 0.2) is 5.69 Å². The highest BCUT2D eigenvalue weighted by atomic mass is 16.3. The maximum Gasteiger partial charge on any atom is 0.158 e. The monoisotopic (exact) mass is 322 g/mol. The maximum absolute atomic E-state index is 10.6. The molecule has 2 unspecified atom stereocenters. The van der Waals surface area contributed by atoms with Crippen molar-refractivity contribution in [3.05, 3.63) is 54.0 Å². The van der Waals surface area contributed by atoms with Crippen molar-refractivity contribution >= 4 is 5.82 Å². The summed E-state index contributed by atoms with van der Waals surface area (Å²) in [6.07, 6.45) is 7.88. The summed E-state index contributed by atoms with van der Waals surface area (Å²) in [4.78, 5) is 10.8. The van der Waals surface area contributed by atoms with E-state index in [2.05, 4.69) is 14.9 Å². The van der Waals surface area contributed by atoms with Crippen molar-refractivity contribution in [2.45, 2.75) is 44.2 Å². The highest BCUT2D eigenvalue weighted by molar-refractivity contribution is 5.39. The van der Waals surface area contributed by atoms with Gasteiger partial charge in [-0.1, -0.05) is 43.2 Å². The lowest BCUT2D eigenvalue weighted by Gasteiger charge is -2.32. The minimum atomic E-state index is -0.483. The van der Waals surface area contributed by atoms with E-state index in [9.17, 15) is 5.11 Å². The molecular formula is C19H22N4O. The Balaban J connectivity index is 1.78. The van der Waals surface area contributed by atoms with Crippen LogP contribution in [-0.2, 0) is 0 Å². The standard InChI is InChI=1S/C19H22N4O/c20-12-16-13-22-19(14-21-16)23-10-6-2-5-9-17(23)11-18(24)15-7-3-1-4-8-15/h1,3-4,7-8,13-14,17-18,24H,2,5-6,9-11H2. The molecule has 5 nitrogen and oxygen atoms in total. The number of benzene rings is 1. The van der Waals surface area contributed by atoms with Gasteiger partial charge in [-0.15, -0.1) is 0 Å². The summed E-state index contributed by atoms with van der Waals surface area (Å²) in [5, 5.41) is 19.5. The van der Waals surface area contributed by atoms with Crippen molar-refractivity contribution in [3.8, 4) is 6.07 Å². The fourth-order valence-corrected chi connectivity index (χ4v) is 3.32. The molecule has 0 spiro atoms. The molecule has 0 amide bonds. The van der Waals surface area contributed by atoms with E-state index in [4.69, 9.17) is 5.26 Å². The van der Waals surface area contributed by atoms with E-state index < -0.39 is 6.10 Å². The molecule has 1 aromatic heterocycles. The first-order chi connectivity index (χ1) is 11.8. The van der Waals surface area contributed by atoms with Crippen molar-refractivity contribution in [1.82, 2.24) is 9.97 Å². The number of aromatic nitrogens is 2. The van der Waals surface area contributed by atoms with E-state index in [1.165, 1.54) is 12.6 Å². The van der Waals surface area contributed by atoms with E-state index in [0.29, 0.717) is 12.1 Å². The summed E-state index contributed by atoms with van der Waals surface area (Å²) in [6, 6.07) is 12.0. The van der Waals surface area contributed by atoms with Gasteiger partial charge in [-0.25, -0.2) is 9.97 Å². The van der Waals surface area contributed by atoms with Crippen LogP contribution in [0.15, 0.2) is 42.7 Å². The van der Waals surface area contributed by atoms with Gasteiger partial charge in [-0.3, -0.25) is 0 Å². The van der Waals surface area contributed by atoms with Crippen LogP contribution in [0.25, 0.3) is 0 Å². The Morgan fingerprint density at radius 2 is 2.00 bits per heavy atom. The van der Waals surface area contributed by atoms with Crippen molar-refractivity contribution in [1.29, 1.82) is 5.26 Å². The summed E-state index contributed by atoms with van der Waals surface area (Å²) in [5.41, 5.74) is 1.28. The molecule has 24 heavy (non-hydrogen) atoms. The molecule has 1 aliphatic rings. The molecule has 2 heterocycles. The van der Waals surface area contributed by atoms with Crippen molar-refractivity contribution in [2.75, 3.05) is 11.4 Å². The van der Waals surface area contributed by atoms with Crippen LogP contribution in [0.2, 0.25) is 0 Å². The summed E-state index contributed by atoms with van der Waals surface area (Å²) in [6.45, 7) is 0.909. The van der Waals surface area contributed by atoms with Gasteiger partial charge < -0.3 is 10.0 Å². The van der Waals surface area contributed by atoms with Gasteiger partial charge in [0.1, 0.15) is 11.9 Å². The molecule has 5 heteroatoms. The molecule has 1 aliphatic heterocycles. The highest BCUT2D eigenvalue weighted by Crippen LogP contribution is 2.29. The van der Waals surface area contributed by atoms with Crippen LogP contribution in [-0.4, -0.2) is 27.7 Å². The first-order valence-corrected chi connectivity index (χ1v) is 8.49. The number of aliphatic hydroxyl groups excluding tert-OH is 1. The Hall–Kier alpha value is -2.45. The van der Waals surface area contributed by atoms with Gasteiger partial charge in [-0.05, 0) is 24.8 Å². The van der Waals surface area contributed by atoms with Gasteiger partial charge in [0, 0.05) is 12.6 Å². The van der Waals surface area contributed by atoms with Crippen LogP contribution in [0.5, 0.6) is 0 Å². The Morgan fingerprint density at radius 1 is 1.17 bits per heavy atom. The number of hydrogen-bond donors (Lipinski definition) is 1. The second-order valence-corrected chi connectivity index (χ2v) is 6.23. The number of rotatable bonds is 4. The van der Waals surface area contributed by atoms with E-state index in [0.717, 1.165) is 37.2 Å². The highest BCUT2D eigenvalue weighted by Gasteiger charge is 2.25. The quantitative estimate of drug-likeness (QED) is 0.935. The van der Waals surface area contributed by atoms with E-state index in [-0.39, 0.29) is 6.04 Å². The van der Waals surface area contributed by atoms with Crippen molar-refractivity contribution < 1.29 is 5.11 Å². The number of aliphatic hydroxyl groups is 1. The van der Waals surface area contributed by atoms with Gasteiger partial charge in [0.2, 0.25) is 0 Å². The van der Waals surface area contributed by atoms with E-state index in [1.54, 1.807) is 6.20 Å². The molecule has 2 aromatic rings. The van der Waals surface area contributed by atoms with Crippen LogP contribution < -0.4 is 4.90 Å². The lowest BCUT2D eigenvalue weighted by atomic mass is 9.98. The normalized spacial score (nSPS) is 19.3. The Kier molecular flexibility index (Phi) is 5.39. The predicted octanol–water partition coefficient (Wildman–Crippen LogP) is 3.22.